The van der Waals surface area contributed by atoms with Crippen LogP contribution in [-0.4, -0.2) is 37.2 Å². The number of hydrogen-bond acceptors (Lipinski definition) is 6. The zero-order valence-electron chi connectivity index (χ0n) is 11.7. The molecule has 1 aromatic heterocycles. The fourth-order valence-electron chi connectivity index (χ4n) is 1.79. The fourth-order valence-corrected chi connectivity index (χ4v) is 2.55. The molecule has 2 N–H and O–H groups in total. The Balaban J connectivity index is 1.77. The number of nitrogen functional groups attached to an aromatic ring is 1. The Morgan fingerprint density at radius 2 is 2.05 bits per heavy atom. The van der Waals surface area contributed by atoms with Crippen molar-refractivity contribution < 1.29 is 9.47 Å². The summed E-state index contributed by atoms with van der Waals surface area (Å²) in [6.07, 6.45) is 1.82. The minimum atomic E-state index is 0.602. The summed E-state index contributed by atoms with van der Waals surface area (Å²) in [7, 11) is 3.68. The molecule has 0 aliphatic rings. The van der Waals surface area contributed by atoms with Crippen molar-refractivity contribution >= 4 is 16.5 Å². The lowest BCUT2D eigenvalue weighted by molar-refractivity contribution is 0.227. The Morgan fingerprint density at radius 3 is 2.70 bits per heavy atom. The van der Waals surface area contributed by atoms with Crippen LogP contribution in [0.5, 0.6) is 11.5 Å². The van der Waals surface area contributed by atoms with Crippen LogP contribution in [0.15, 0.2) is 30.5 Å². The summed E-state index contributed by atoms with van der Waals surface area (Å²) >= 11 is 1.52. The van der Waals surface area contributed by atoms with Crippen LogP contribution in [-0.2, 0) is 6.54 Å². The van der Waals surface area contributed by atoms with Gasteiger partial charge >= 0.3 is 0 Å². The summed E-state index contributed by atoms with van der Waals surface area (Å²) in [6.45, 7) is 2.24. The number of anilines is 1. The molecule has 0 saturated carbocycles. The molecule has 20 heavy (non-hydrogen) atoms. The number of methoxy groups -OCH3 is 1. The maximum absolute atomic E-state index is 5.74. The van der Waals surface area contributed by atoms with Gasteiger partial charge in [0.2, 0.25) is 0 Å². The molecule has 1 heterocycles. The molecule has 0 unspecified atom stereocenters. The lowest BCUT2D eigenvalue weighted by atomic mass is 10.3. The van der Waals surface area contributed by atoms with E-state index in [1.54, 1.807) is 7.11 Å². The number of ether oxygens (including phenoxy) is 2. The van der Waals surface area contributed by atoms with Gasteiger partial charge in [0.05, 0.1) is 7.11 Å². The van der Waals surface area contributed by atoms with Gasteiger partial charge in [-0.2, -0.15) is 0 Å². The quantitative estimate of drug-likeness (QED) is 0.848. The first kappa shape index (κ1) is 14.6. The van der Waals surface area contributed by atoms with Crippen molar-refractivity contribution in [1.82, 2.24) is 9.88 Å². The zero-order chi connectivity index (χ0) is 14.4. The van der Waals surface area contributed by atoms with E-state index in [4.69, 9.17) is 15.2 Å². The number of para-hydroxylation sites is 2. The molecule has 1 aromatic carbocycles. The van der Waals surface area contributed by atoms with Gasteiger partial charge in [0.15, 0.2) is 16.6 Å². The maximum Gasteiger partial charge on any atom is 0.180 e. The lowest BCUT2D eigenvalue weighted by Crippen LogP contribution is -2.23. The summed E-state index contributed by atoms with van der Waals surface area (Å²) < 4.78 is 11.0. The van der Waals surface area contributed by atoms with E-state index in [1.165, 1.54) is 11.3 Å². The van der Waals surface area contributed by atoms with Gasteiger partial charge in [-0.3, -0.25) is 4.90 Å². The number of likely N-dealkylation sites (N-methyl/N-ethyl adjacent to an activating group) is 1. The van der Waals surface area contributed by atoms with Crippen molar-refractivity contribution in [3.63, 3.8) is 0 Å². The Hall–Kier alpha value is -1.79. The van der Waals surface area contributed by atoms with E-state index in [-0.39, 0.29) is 0 Å². The van der Waals surface area contributed by atoms with E-state index in [9.17, 15) is 0 Å². The molecular formula is C14H19N3O2S. The highest BCUT2D eigenvalue weighted by Gasteiger charge is 2.06. The van der Waals surface area contributed by atoms with Crippen LogP contribution in [0.4, 0.5) is 5.13 Å². The molecule has 0 bridgehead atoms. The first-order valence-electron chi connectivity index (χ1n) is 6.33. The van der Waals surface area contributed by atoms with Crippen LogP contribution in [0.25, 0.3) is 0 Å². The van der Waals surface area contributed by atoms with Crippen molar-refractivity contribution in [3.05, 3.63) is 35.3 Å². The van der Waals surface area contributed by atoms with Crippen molar-refractivity contribution in [3.8, 4) is 11.5 Å². The zero-order valence-corrected chi connectivity index (χ0v) is 12.5. The van der Waals surface area contributed by atoms with Gasteiger partial charge in [0, 0.05) is 24.2 Å². The summed E-state index contributed by atoms with van der Waals surface area (Å²) in [6, 6.07) is 7.65. The average molecular weight is 293 g/mol. The molecule has 0 atom stereocenters. The summed E-state index contributed by atoms with van der Waals surface area (Å²) in [5, 5.41) is 0.610. The second-order valence-corrected chi connectivity index (χ2v) is 5.55. The van der Waals surface area contributed by atoms with Crippen molar-refractivity contribution in [2.24, 2.45) is 0 Å². The molecule has 6 heteroatoms. The third kappa shape index (κ3) is 4.11. The molecule has 0 amide bonds. The Morgan fingerprint density at radius 1 is 1.30 bits per heavy atom. The number of rotatable bonds is 7. The molecule has 0 radical (unpaired) electrons. The predicted molar refractivity (Wildman–Crippen MR) is 81.3 cm³/mol. The molecular weight excluding hydrogens is 274 g/mol. The van der Waals surface area contributed by atoms with E-state index in [0.717, 1.165) is 29.5 Å². The summed E-state index contributed by atoms with van der Waals surface area (Å²) in [5.74, 6) is 1.52. The minimum Gasteiger partial charge on any atom is -0.493 e. The number of nitrogens with zero attached hydrogens (tertiary/aromatic N) is 2. The molecule has 0 fully saturated rings. The third-order valence-corrected chi connectivity index (χ3v) is 3.61. The monoisotopic (exact) mass is 293 g/mol. The summed E-state index contributed by atoms with van der Waals surface area (Å²) in [4.78, 5) is 7.37. The Bertz CT molecular complexity index is 545. The first-order chi connectivity index (χ1) is 9.69. The van der Waals surface area contributed by atoms with E-state index in [1.807, 2.05) is 37.5 Å². The van der Waals surface area contributed by atoms with Gasteiger partial charge in [-0.05, 0) is 19.2 Å². The number of benzene rings is 1. The average Bonchev–Trinajstić information content (AvgIpc) is 2.84. The van der Waals surface area contributed by atoms with Crippen molar-refractivity contribution in [2.45, 2.75) is 6.54 Å². The Kier molecular flexibility index (Phi) is 5.20. The van der Waals surface area contributed by atoms with Crippen LogP contribution in [0.1, 0.15) is 4.88 Å². The topological polar surface area (TPSA) is 60.6 Å². The number of nitrogens with two attached hydrogens (primary N) is 1. The predicted octanol–water partition coefficient (Wildman–Crippen LogP) is 2.24. The standard InChI is InChI=1S/C14H19N3O2S/c1-17(10-11-9-16-14(15)20-11)7-8-19-13-6-4-3-5-12(13)18-2/h3-6,9H,7-8,10H2,1-2H3,(H2,15,16). The van der Waals surface area contributed by atoms with Gasteiger partial charge in [-0.1, -0.05) is 12.1 Å². The normalized spacial score (nSPS) is 10.8. The SMILES string of the molecule is COc1ccccc1OCCN(C)Cc1cnc(N)s1. The largest absolute Gasteiger partial charge is 0.493 e. The van der Waals surface area contributed by atoms with Gasteiger partial charge < -0.3 is 15.2 Å². The molecule has 0 spiro atoms. The highest BCUT2D eigenvalue weighted by Crippen LogP contribution is 2.25. The maximum atomic E-state index is 5.74. The van der Waals surface area contributed by atoms with Crippen LogP contribution < -0.4 is 15.2 Å². The molecule has 0 saturated heterocycles. The first-order valence-corrected chi connectivity index (χ1v) is 7.15. The molecule has 108 valence electrons. The van der Waals surface area contributed by atoms with Gasteiger partial charge in [0.1, 0.15) is 6.61 Å². The number of aromatic nitrogens is 1. The van der Waals surface area contributed by atoms with E-state index in [0.29, 0.717) is 11.7 Å². The summed E-state index contributed by atoms with van der Waals surface area (Å²) in [5.41, 5.74) is 5.61. The Labute approximate surface area is 123 Å². The molecule has 2 rings (SSSR count). The minimum absolute atomic E-state index is 0.602. The van der Waals surface area contributed by atoms with Crippen molar-refractivity contribution in [1.29, 1.82) is 0 Å². The molecule has 5 nitrogen and oxygen atoms in total. The van der Waals surface area contributed by atoms with Gasteiger partial charge in [0.25, 0.3) is 0 Å². The molecule has 0 aliphatic heterocycles. The van der Waals surface area contributed by atoms with Gasteiger partial charge in [-0.25, -0.2) is 4.98 Å². The number of hydrogen-bond donors (Lipinski definition) is 1. The smallest absolute Gasteiger partial charge is 0.180 e. The number of thiazole rings is 1. The lowest BCUT2D eigenvalue weighted by Gasteiger charge is -2.16. The van der Waals surface area contributed by atoms with E-state index in [2.05, 4.69) is 9.88 Å². The molecule has 2 aromatic rings. The highest BCUT2D eigenvalue weighted by atomic mass is 32.1. The highest BCUT2D eigenvalue weighted by molar-refractivity contribution is 7.15. The van der Waals surface area contributed by atoms with Crippen LogP contribution >= 0.6 is 11.3 Å². The van der Waals surface area contributed by atoms with E-state index >= 15 is 0 Å². The van der Waals surface area contributed by atoms with Crippen LogP contribution in [0.2, 0.25) is 0 Å². The second kappa shape index (κ2) is 7.12. The van der Waals surface area contributed by atoms with Crippen LogP contribution in [0.3, 0.4) is 0 Å². The third-order valence-electron chi connectivity index (χ3n) is 2.80. The van der Waals surface area contributed by atoms with Crippen molar-refractivity contribution in [2.75, 3.05) is 33.0 Å². The van der Waals surface area contributed by atoms with E-state index < -0.39 is 0 Å². The van der Waals surface area contributed by atoms with Crippen LogP contribution in [0, 0.1) is 0 Å². The second-order valence-electron chi connectivity index (χ2n) is 4.40. The fraction of sp³-hybridized carbons (Fsp3) is 0.357. The van der Waals surface area contributed by atoms with Gasteiger partial charge in [-0.15, -0.1) is 11.3 Å². The molecule has 0 aliphatic carbocycles.